The Morgan fingerprint density at radius 3 is 2.37 bits per heavy atom. The summed E-state index contributed by atoms with van der Waals surface area (Å²) in [5.74, 6) is 0.337. The van der Waals surface area contributed by atoms with Gasteiger partial charge in [0.15, 0.2) is 0 Å². The first-order valence-electron chi connectivity index (χ1n) is 15.3. The molecule has 0 fully saturated rings. The zero-order chi connectivity index (χ0) is 33.6. The number of ether oxygens (including phenoxy) is 1. The molecule has 2 amide bonds. The molecule has 3 aromatic rings. The van der Waals surface area contributed by atoms with Crippen LogP contribution in [-0.2, 0) is 31.4 Å². The van der Waals surface area contributed by atoms with E-state index in [0.717, 1.165) is 28.3 Å². The van der Waals surface area contributed by atoms with E-state index in [2.05, 4.69) is 37.4 Å². The fourth-order valence-corrected chi connectivity index (χ4v) is 6.83. The molecule has 46 heavy (non-hydrogen) atoms. The summed E-state index contributed by atoms with van der Waals surface area (Å²) in [7, 11) is 1.31. The van der Waals surface area contributed by atoms with Gasteiger partial charge in [-0.2, -0.15) is 11.8 Å². The normalized spacial score (nSPS) is 13.2. The number of methoxy groups -OCH3 is 1. The van der Waals surface area contributed by atoms with E-state index in [-0.39, 0.29) is 36.0 Å². The zero-order valence-corrected chi connectivity index (χ0v) is 28.8. The Morgan fingerprint density at radius 1 is 1.04 bits per heavy atom. The van der Waals surface area contributed by atoms with E-state index in [0.29, 0.717) is 31.0 Å². The second-order valence-electron chi connectivity index (χ2n) is 11.2. The van der Waals surface area contributed by atoms with Gasteiger partial charge >= 0.3 is 5.97 Å². The molecule has 3 atom stereocenters. The quantitative estimate of drug-likeness (QED) is 0.0745. The lowest BCUT2D eigenvalue weighted by atomic mass is 9.97. The third-order valence-electron chi connectivity index (χ3n) is 7.95. The Labute approximate surface area is 279 Å². The molecule has 248 valence electrons. The van der Waals surface area contributed by atoms with Gasteiger partial charge in [-0.25, -0.2) is 4.79 Å². The third kappa shape index (κ3) is 10.7. The predicted octanol–water partition coefficient (Wildman–Crippen LogP) is 6.07. The summed E-state index contributed by atoms with van der Waals surface area (Å²) < 4.78 is 6.73. The lowest BCUT2D eigenvalue weighted by molar-refractivity contribution is -0.384. The lowest BCUT2D eigenvalue weighted by Crippen LogP contribution is -2.50. The van der Waals surface area contributed by atoms with E-state index in [1.165, 1.54) is 38.1 Å². The summed E-state index contributed by atoms with van der Waals surface area (Å²) in [5.41, 5.74) is 1.92. The van der Waals surface area contributed by atoms with Crippen molar-refractivity contribution >= 4 is 58.0 Å². The minimum atomic E-state index is -0.749. The molecule has 3 rings (SSSR count). The highest BCUT2D eigenvalue weighted by molar-refractivity contribution is 7.98. The first-order chi connectivity index (χ1) is 22.1. The van der Waals surface area contributed by atoms with Crippen LogP contribution in [0.5, 0.6) is 0 Å². The van der Waals surface area contributed by atoms with Crippen molar-refractivity contribution in [3.8, 4) is 0 Å². The SMILES string of the molecule is CC[C@H](C)[C@@H](CN(CC(=O)N[C@@H](CCSC)C(=O)OC)Cc1cccc2ccccc12)N(SCc1ccc([N+](=O)[O-])cc1)C(C)=O. The third-order valence-corrected chi connectivity index (χ3v) is 9.86. The summed E-state index contributed by atoms with van der Waals surface area (Å²) >= 11 is 2.96. The maximum absolute atomic E-state index is 13.5. The molecule has 0 saturated carbocycles. The molecule has 0 bridgehead atoms. The zero-order valence-electron chi connectivity index (χ0n) is 27.1. The van der Waals surface area contributed by atoms with Crippen molar-refractivity contribution in [3.05, 3.63) is 88.0 Å². The van der Waals surface area contributed by atoms with Crippen LogP contribution in [-0.4, -0.2) is 76.2 Å². The molecule has 3 aromatic carbocycles. The Balaban J connectivity index is 1.91. The minimum absolute atomic E-state index is 0.0138. The van der Waals surface area contributed by atoms with Gasteiger partial charge in [-0.1, -0.05) is 74.9 Å². The topological polar surface area (TPSA) is 122 Å². The van der Waals surface area contributed by atoms with Gasteiger partial charge in [0, 0.05) is 37.9 Å². The number of nitro benzene ring substituents is 1. The molecule has 0 heterocycles. The molecule has 0 aromatic heterocycles. The number of carbonyl (C=O) groups excluding carboxylic acids is 3. The van der Waals surface area contributed by atoms with Crippen molar-refractivity contribution in [2.24, 2.45) is 5.92 Å². The van der Waals surface area contributed by atoms with Gasteiger partial charge in [-0.05, 0) is 58.2 Å². The van der Waals surface area contributed by atoms with Gasteiger partial charge < -0.3 is 10.1 Å². The summed E-state index contributed by atoms with van der Waals surface area (Å²) in [6.07, 6.45) is 3.20. The average molecular weight is 669 g/mol. The largest absolute Gasteiger partial charge is 0.467 e. The maximum atomic E-state index is 13.5. The van der Waals surface area contributed by atoms with E-state index >= 15 is 0 Å². The predicted molar refractivity (Wildman–Crippen MR) is 186 cm³/mol. The number of nitrogens with one attached hydrogen (secondary N) is 1. The van der Waals surface area contributed by atoms with Crippen LogP contribution in [0.1, 0.15) is 44.7 Å². The average Bonchev–Trinajstić information content (AvgIpc) is 3.05. The minimum Gasteiger partial charge on any atom is -0.467 e. The van der Waals surface area contributed by atoms with Crippen LogP contribution in [0.25, 0.3) is 10.8 Å². The summed E-state index contributed by atoms with van der Waals surface area (Å²) in [5, 5.41) is 16.1. The summed E-state index contributed by atoms with van der Waals surface area (Å²) in [6, 6.07) is 19.5. The number of fused-ring (bicyclic) bond motifs is 1. The number of carbonyl (C=O) groups is 3. The van der Waals surface area contributed by atoms with Crippen LogP contribution in [0, 0.1) is 16.0 Å². The van der Waals surface area contributed by atoms with Crippen molar-refractivity contribution < 1.29 is 24.0 Å². The van der Waals surface area contributed by atoms with Gasteiger partial charge in [-0.3, -0.25) is 28.9 Å². The van der Waals surface area contributed by atoms with Crippen molar-refractivity contribution in [3.63, 3.8) is 0 Å². The monoisotopic (exact) mass is 668 g/mol. The van der Waals surface area contributed by atoms with E-state index < -0.39 is 16.9 Å². The van der Waals surface area contributed by atoms with Gasteiger partial charge in [0.05, 0.1) is 24.6 Å². The van der Waals surface area contributed by atoms with E-state index in [1.807, 2.05) is 35.4 Å². The number of hydrogen-bond acceptors (Lipinski definition) is 9. The van der Waals surface area contributed by atoms with Crippen LogP contribution in [0.15, 0.2) is 66.7 Å². The van der Waals surface area contributed by atoms with Crippen molar-refractivity contribution in [1.82, 2.24) is 14.5 Å². The van der Waals surface area contributed by atoms with Gasteiger partial charge in [0.2, 0.25) is 11.8 Å². The fourth-order valence-electron chi connectivity index (χ4n) is 5.23. The van der Waals surface area contributed by atoms with Crippen LogP contribution in [0.2, 0.25) is 0 Å². The number of nitro groups is 1. The highest BCUT2D eigenvalue weighted by Gasteiger charge is 2.30. The van der Waals surface area contributed by atoms with Crippen LogP contribution in [0.4, 0.5) is 5.69 Å². The highest BCUT2D eigenvalue weighted by atomic mass is 32.2. The molecule has 1 N–H and O–H groups in total. The molecule has 0 saturated heterocycles. The molecule has 0 spiro atoms. The molecular formula is C34H44N4O6S2. The number of non-ortho nitro benzene ring substituents is 1. The fraction of sp³-hybridized carbons (Fsp3) is 0.441. The molecule has 10 nitrogen and oxygen atoms in total. The maximum Gasteiger partial charge on any atom is 0.328 e. The molecule has 0 aliphatic rings. The number of nitrogens with zero attached hydrogens (tertiary/aromatic N) is 3. The molecule has 0 aliphatic heterocycles. The van der Waals surface area contributed by atoms with Gasteiger partial charge in [0.1, 0.15) is 6.04 Å². The van der Waals surface area contributed by atoms with Crippen molar-refractivity contribution in [2.75, 3.05) is 32.2 Å². The molecular weight excluding hydrogens is 625 g/mol. The number of esters is 1. The number of rotatable bonds is 18. The number of benzene rings is 3. The van der Waals surface area contributed by atoms with Gasteiger partial charge in [-0.15, -0.1) is 0 Å². The van der Waals surface area contributed by atoms with Gasteiger partial charge in [0.25, 0.3) is 5.69 Å². The van der Waals surface area contributed by atoms with Crippen LogP contribution >= 0.6 is 23.7 Å². The number of amides is 2. The first-order valence-corrected chi connectivity index (χ1v) is 17.6. The Kier molecular flexibility index (Phi) is 14.8. The molecule has 0 radical (unpaired) electrons. The smallest absolute Gasteiger partial charge is 0.328 e. The lowest BCUT2D eigenvalue weighted by Gasteiger charge is -2.37. The molecule has 0 aliphatic carbocycles. The molecule has 12 heteroatoms. The van der Waals surface area contributed by atoms with Crippen molar-refractivity contribution in [2.45, 2.75) is 58.0 Å². The summed E-state index contributed by atoms with van der Waals surface area (Å²) in [4.78, 5) is 51.8. The number of thioether (sulfide) groups is 1. The Hall–Kier alpha value is -3.61. The number of hydrogen-bond donors (Lipinski definition) is 1. The van der Waals surface area contributed by atoms with E-state index in [4.69, 9.17) is 4.74 Å². The molecule has 0 unspecified atom stereocenters. The summed E-state index contributed by atoms with van der Waals surface area (Å²) in [6.45, 7) is 6.58. The van der Waals surface area contributed by atoms with Crippen LogP contribution < -0.4 is 5.32 Å². The van der Waals surface area contributed by atoms with E-state index in [9.17, 15) is 24.5 Å². The van der Waals surface area contributed by atoms with E-state index in [1.54, 1.807) is 28.2 Å². The highest BCUT2D eigenvalue weighted by Crippen LogP contribution is 2.28. The second-order valence-corrected chi connectivity index (χ2v) is 13.2. The second kappa shape index (κ2) is 18.5. The Bertz CT molecular complexity index is 1470. The standard InChI is InChI=1S/C34H44N4O6S2/c1-6-24(2)32(37(25(3)39)46-23-26-14-16-29(17-15-26)38(42)43)21-36(20-28-12-9-11-27-10-7-8-13-30(27)28)22-33(40)35-31(18-19-45-5)34(41)44-4/h7-17,24,31-32H,6,18-23H2,1-5H3,(H,35,40)/t24-,31-,32+/m0/s1. The van der Waals surface area contributed by atoms with Crippen LogP contribution in [0.3, 0.4) is 0 Å². The van der Waals surface area contributed by atoms with Crippen molar-refractivity contribution in [1.29, 1.82) is 0 Å². The Morgan fingerprint density at radius 2 is 1.74 bits per heavy atom. The first kappa shape index (κ1) is 36.9.